The summed E-state index contributed by atoms with van der Waals surface area (Å²) in [6.45, 7) is 86.3. The lowest BCUT2D eigenvalue weighted by Crippen LogP contribution is -2.26. The molecule has 0 aromatic heterocycles. The van der Waals surface area contributed by atoms with Gasteiger partial charge in [-0.05, 0) is 187 Å². The summed E-state index contributed by atoms with van der Waals surface area (Å²) in [7, 11) is 0. The number of phenolic OH excluding ortho intramolecular Hbond substituents is 6. The van der Waals surface area contributed by atoms with Crippen LogP contribution in [-0.4, -0.2) is 62.1 Å². The molecule has 3 unspecified atom stereocenters. The topological polar surface area (TPSA) is 121 Å². The molecule has 0 heterocycles. The maximum atomic E-state index is 11.7. The molecule has 0 spiro atoms. The van der Waals surface area contributed by atoms with E-state index in [0.717, 1.165) is 140 Å². The summed E-state index contributed by atoms with van der Waals surface area (Å²) in [4.78, 5) is 0. The summed E-state index contributed by atoms with van der Waals surface area (Å²) in [5.74, 6) is 8.89. The van der Waals surface area contributed by atoms with E-state index in [0.29, 0.717) is 77.8 Å². The molecule has 3 saturated carbocycles. The number of hydrogen-bond donors (Lipinski definition) is 6. The number of benzene rings is 6. The first-order valence-corrected chi connectivity index (χ1v) is 60.0. The summed E-state index contributed by atoms with van der Waals surface area (Å²) in [6.07, 6.45) is 28.9. The third kappa shape index (κ3) is 31.4. The first-order chi connectivity index (χ1) is 62.8. The van der Waals surface area contributed by atoms with Crippen LogP contribution in [0.25, 0.3) is 0 Å². The Labute approximate surface area is 861 Å². The Kier molecular flexibility index (Phi) is 43.3. The zero-order chi connectivity index (χ0) is 102. The van der Waals surface area contributed by atoms with Crippen LogP contribution in [0.3, 0.4) is 0 Å². The van der Waals surface area contributed by atoms with Crippen molar-refractivity contribution in [2.45, 2.75) is 548 Å². The maximum Gasteiger partial charge on any atom is 0.123 e. The largest absolute Gasteiger partial charge is 0.507 e. The molecule has 12 heteroatoms. The fourth-order valence-electron chi connectivity index (χ4n) is 19.2. The third-order valence-corrected chi connectivity index (χ3v) is 42.7. The van der Waals surface area contributed by atoms with Gasteiger partial charge in [0, 0.05) is 133 Å². The highest BCUT2D eigenvalue weighted by Crippen LogP contribution is 2.53. The van der Waals surface area contributed by atoms with Crippen LogP contribution < -0.4 is 0 Å². The van der Waals surface area contributed by atoms with Crippen molar-refractivity contribution in [3.05, 3.63) is 173 Å². The van der Waals surface area contributed by atoms with E-state index in [1.807, 2.05) is 0 Å². The zero-order valence-electron chi connectivity index (χ0n) is 93.9. The van der Waals surface area contributed by atoms with Crippen molar-refractivity contribution in [2.75, 3.05) is 0 Å². The van der Waals surface area contributed by atoms with Gasteiger partial charge in [0.25, 0.3) is 0 Å². The van der Waals surface area contributed by atoms with Gasteiger partial charge in [-0.3, -0.25) is 0 Å². The highest BCUT2D eigenvalue weighted by atomic mass is 32.2. The van der Waals surface area contributed by atoms with Gasteiger partial charge in [0.1, 0.15) is 34.5 Å². The van der Waals surface area contributed by atoms with Crippen LogP contribution in [0, 0.1) is 11.8 Å². The van der Waals surface area contributed by atoms with Crippen LogP contribution in [0.2, 0.25) is 0 Å². The van der Waals surface area contributed by atoms with E-state index in [-0.39, 0.29) is 65.0 Å². The Morgan fingerprint density at radius 2 is 0.375 bits per heavy atom. The van der Waals surface area contributed by atoms with E-state index in [4.69, 9.17) is 0 Å². The summed E-state index contributed by atoms with van der Waals surface area (Å²) in [5.41, 5.74) is 20.7. The number of phenols is 6. The smallest absolute Gasteiger partial charge is 0.123 e. The summed E-state index contributed by atoms with van der Waals surface area (Å²) in [5, 5.41) is 73.2. The summed E-state index contributed by atoms with van der Waals surface area (Å²) in [6, 6.07) is 27.3. The fourth-order valence-corrected chi connectivity index (χ4v) is 28.4. The molecule has 6 atom stereocenters. The number of thioether (sulfide) groups is 6. The molecule has 768 valence electrons. The lowest BCUT2D eigenvalue weighted by atomic mass is 9.72. The zero-order valence-corrected chi connectivity index (χ0v) is 98.8. The van der Waals surface area contributed by atoms with Gasteiger partial charge in [-0.1, -0.05) is 413 Å². The van der Waals surface area contributed by atoms with Gasteiger partial charge in [-0.25, -0.2) is 0 Å². The van der Waals surface area contributed by atoms with E-state index < -0.39 is 0 Å². The summed E-state index contributed by atoms with van der Waals surface area (Å²) >= 11 is 12.4. The first kappa shape index (κ1) is 119. The van der Waals surface area contributed by atoms with Gasteiger partial charge in [0.2, 0.25) is 0 Å². The molecule has 0 aliphatic heterocycles. The summed E-state index contributed by atoms with van der Waals surface area (Å²) < 4.78 is 0. The predicted molar refractivity (Wildman–Crippen MR) is 613 cm³/mol. The predicted octanol–water partition coefficient (Wildman–Crippen LogP) is 38.3. The second-order valence-corrected chi connectivity index (χ2v) is 58.9. The van der Waals surface area contributed by atoms with Crippen molar-refractivity contribution in [3.8, 4) is 34.5 Å². The average molecular weight is 1980 g/mol. The second-order valence-electron chi connectivity index (χ2n) is 51.5. The maximum absolute atomic E-state index is 11.7. The molecule has 6 nitrogen and oxygen atoms in total. The van der Waals surface area contributed by atoms with Gasteiger partial charge in [-0.15, -0.1) is 0 Å². The molecule has 6 N–H and O–H groups in total. The van der Waals surface area contributed by atoms with Crippen molar-refractivity contribution >= 4 is 70.6 Å². The van der Waals surface area contributed by atoms with E-state index in [9.17, 15) is 30.6 Å². The van der Waals surface area contributed by atoms with Gasteiger partial charge in [-0.2, -0.15) is 70.6 Å². The quantitative estimate of drug-likeness (QED) is 0.0241. The molecule has 0 saturated heterocycles. The van der Waals surface area contributed by atoms with E-state index in [1.54, 1.807) is 0 Å². The van der Waals surface area contributed by atoms with Crippen LogP contribution >= 0.6 is 70.6 Å². The lowest BCUT2D eigenvalue weighted by molar-refractivity contribution is 0.349. The van der Waals surface area contributed by atoms with Crippen LogP contribution in [0.4, 0.5) is 0 Å². The minimum Gasteiger partial charge on any atom is -0.507 e. The SMILES string of the molecule is CC(C)C(C)(C)c1cc(C(C)(C)C)cc(CSC2CCCCCC[C@@H]2SCc2cc(C(C)(C)C)cc(C(C)(C)C(C)C)c2O)c1O.CCC(C)(C)c1cc(C(C)(C)C)cc(CSC2CCCCCC[C@@H]2SCc2cc(C(C)(C)C)cc(C(C)(C)CC)c2O)c1O.CCC(C)(CC)c1cc(C(C)(C)C)cc(CSC2CCCCCC[C@@H]2SCc2cc(C(C)(C)C)cc(C(C)(CC)CC)c2O)c1O. The highest BCUT2D eigenvalue weighted by Gasteiger charge is 2.40. The third-order valence-electron chi connectivity index (χ3n) is 33.4. The minimum absolute atomic E-state index is 0.0140. The number of aromatic hydroxyl groups is 6. The average Bonchev–Trinajstić information content (AvgIpc) is 0.771. The molecule has 0 bridgehead atoms. The van der Waals surface area contributed by atoms with Crippen molar-refractivity contribution < 1.29 is 30.6 Å². The molecule has 136 heavy (non-hydrogen) atoms. The Morgan fingerprint density at radius 3 is 0.529 bits per heavy atom. The van der Waals surface area contributed by atoms with Crippen LogP contribution in [-0.2, 0) is 99.5 Å². The monoisotopic (exact) mass is 1980 g/mol. The van der Waals surface area contributed by atoms with Crippen molar-refractivity contribution in [1.29, 1.82) is 0 Å². The molecular weight excluding hydrogens is 1780 g/mol. The lowest BCUT2D eigenvalue weighted by Gasteiger charge is -2.34. The fraction of sp³-hybridized carbons (Fsp3) is 0.710. The van der Waals surface area contributed by atoms with Gasteiger partial charge >= 0.3 is 0 Å². The molecule has 9 rings (SSSR count). The van der Waals surface area contributed by atoms with Crippen molar-refractivity contribution in [1.82, 2.24) is 0 Å². The number of hydrogen-bond acceptors (Lipinski definition) is 12. The molecule has 0 amide bonds. The Bertz CT molecular complexity index is 4300. The van der Waals surface area contributed by atoms with Gasteiger partial charge in [0.15, 0.2) is 0 Å². The van der Waals surface area contributed by atoms with E-state index >= 15 is 0 Å². The normalized spacial score (nSPS) is 19.0. The van der Waals surface area contributed by atoms with Crippen molar-refractivity contribution in [2.24, 2.45) is 11.8 Å². The van der Waals surface area contributed by atoms with Gasteiger partial charge < -0.3 is 30.6 Å². The number of rotatable bonds is 32. The van der Waals surface area contributed by atoms with E-state index in [2.05, 4.69) is 406 Å². The highest BCUT2D eigenvalue weighted by molar-refractivity contribution is 8.04. The molecule has 6 aromatic carbocycles. The van der Waals surface area contributed by atoms with Gasteiger partial charge in [0.05, 0.1) is 0 Å². The Balaban J connectivity index is 0.000000278. The van der Waals surface area contributed by atoms with E-state index in [1.165, 1.54) is 149 Å². The Hall–Kier alpha value is -3.78. The second kappa shape index (κ2) is 49.4. The molecule has 0 radical (unpaired) electrons. The standard InChI is InChI=1S/2C42H68O2S2.C40H64O2S2/c1-27(2)41(11,12)33-23-31(39(5,6)7)21-29(37(33)43)25-45-35-19-17-15-16-18-20-36(35)46-26-30-22-32(40(8,9)10)24-34(38(30)44)42(13,14)28(3)4;1-13-41(11,14-2)33-25-31(39(5,6)7)23-29(37(33)43)27-45-35-21-19-17-18-20-22-36(35)46-28-30-24-32(40(8,9)10)26-34(38(30)44)42(12,15-3)16-4;1-13-39(9,10)31-23-29(37(3,4)5)21-27(35(31)41)25-43-33-19-17-15-16-18-20-34(33)44-26-28-22-30(38(6,7)8)24-32(36(28)42)40(11,12)14-2/h21-24,27-28,35-36,43-44H,15-20,25-26H2,1-14H3;23-26,35-36,43-44H,13-22,27-28H2,1-12H3;21-24,33-34,41-42H,13-20,25-26H2,1-12H3/t2*35-,36?;33-,34?/m000/s1. The molecule has 3 aliphatic rings. The Morgan fingerprint density at radius 1 is 0.221 bits per heavy atom. The molecule has 6 aromatic rings. The van der Waals surface area contributed by atoms with Crippen LogP contribution in [0.5, 0.6) is 34.5 Å². The molecule has 3 fully saturated rings. The first-order valence-electron chi connectivity index (χ1n) is 53.7. The van der Waals surface area contributed by atoms with Crippen LogP contribution in [0.1, 0.15) is 517 Å². The molecular formula is C124H200O6S6. The molecule has 3 aliphatic carbocycles. The minimum atomic E-state index is -0.115. The van der Waals surface area contributed by atoms with Crippen molar-refractivity contribution in [3.63, 3.8) is 0 Å². The van der Waals surface area contributed by atoms with Crippen LogP contribution in [0.15, 0.2) is 72.8 Å².